The van der Waals surface area contributed by atoms with Gasteiger partial charge in [-0.15, -0.1) is 0 Å². The van der Waals surface area contributed by atoms with Crippen molar-refractivity contribution < 1.29 is 18.7 Å². The molecule has 1 unspecified atom stereocenters. The van der Waals surface area contributed by atoms with E-state index >= 15 is 0 Å². The zero-order valence-corrected chi connectivity index (χ0v) is 14.6. The van der Waals surface area contributed by atoms with E-state index in [9.17, 15) is 14.0 Å². The Morgan fingerprint density at radius 3 is 2.81 bits per heavy atom. The summed E-state index contributed by atoms with van der Waals surface area (Å²) in [5, 5.41) is 2.73. The van der Waals surface area contributed by atoms with Crippen molar-refractivity contribution in [2.45, 2.75) is 19.4 Å². The molecule has 136 valence electrons. The van der Waals surface area contributed by atoms with Gasteiger partial charge in [0.05, 0.1) is 25.7 Å². The number of amides is 2. The van der Waals surface area contributed by atoms with E-state index in [1.165, 1.54) is 6.07 Å². The number of anilines is 1. The second kappa shape index (κ2) is 8.10. The van der Waals surface area contributed by atoms with Crippen molar-refractivity contribution in [2.24, 2.45) is 0 Å². The van der Waals surface area contributed by atoms with Crippen LogP contribution in [0.15, 0.2) is 48.5 Å². The van der Waals surface area contributed by atoms with Gasteiger partial charge in [0.2, 0.25) is 5.91 Å². The molecule has 26 heavy (non-hydrogen) atoms. The van der Waals surface area contributed by atoms with Crippen LogP contribution in [0, 0.1) is 5.82 Å². The molecule has 1 atom stereocenters. The molecule has 1 fully saturated rings. The van der Waals surface area contributed by atoms with Crippen molar-refractivity contribution in [3.63, 3.8) is 0 Å². The third-order valence-electron chi connectivity index (χ3n) is 4.33. The Labute approximate surface area is 151 Å². The molecule has 2 amide bonds. The van der Waals surface area contributed by atoms with Crippen LogP contribution >= 0.6 is 0 Å². The molecular formula is C20H21FN2O3. The topological polar surface area (TPSA) is 58.6 Å². The maximum absolute atomic E-state index is 13.7. The molecule has 1 saturated heterocycles. The molecular weight excluding hydrogens is 335 g/mol. The van der Waals surface area contributed by atoms with Gasteiger partial charge in [0, 0.05) is 17.8 Å². The highest BCUT2D eigenvalue weighted by molar-refractivity contribution is 5.97. The minimum Gasteiger partial charge on any atom is -0.377 e. The molecule has 2 aromatic carbocycles. The van der Waals surface area contributed by atoms with Crippen LogP contribution < -0.4 is 5.32 Å². The van der Waals surface area contributed by atoms with Crippen molar-refractivity contribution in [1.82, 2.24) is 4.90 Å². The Balaban J connectivity index is 1.68. The van der Waals surface area contributed by atoms with Crippen LogP contribution in [0.3, 0.4) is 0 Å². The molecule has 1 heterocycles. The zero-order chi connectivity index (χ0) is 18.5. The third kappa shape index (κ3) is 4.26. The Hall–Kier alpha value is -2.73. The highest BCUT2D eigenvalue weighted by Crippen LogP contribution is 2.17. The first-order chi connectivity index (χ1) is 12.5. The molecule has 1 aliphatic rings. The highest BCUT2D eigenvalue weighted by Gasteiger charge is 2.24. The van der Waals surface area contributed by atoms with E-state index in [-0.39, 0.29) is 24.3 Å². The van der Waals surface area contributed by atoms with E-state index in [1.807, 2.05) is 6.92 Å². The van der Waals surface area contributed by atoms with E-state index in [4.69, 9.17) is 4.74 Å². The monoisotopic (exact) mass is 356 g/mol. The molecule has 5 nitrogen and oxygen atoms in total. The number of hydrogen-bond acceptors (Lipinski definition) is 3. The minimum atomic E-state index is -0.409. The summed E-state index contributed by atoms with van der Waals surface area (Å²) in [6, 6.07) is 13.0. The van der Waals surface area contributed by atoms with Crippen molar-refractivity contribution in [3.05, 3.63) is 65.5 Å². The lowest BCUT2D eigenvalue weighted by Crippen LogP contribution is -2.47. The fourth-order valence-corrected chi connectivity index (χ4v) is 2.94. The predicted molar refractivity (Wildman–Crippen MR) is 96.5 cm³/mol. The number of morpholine rings is 1. The average molecular weight is 356 g/mol. The van der Waals surface area contributed by atoms with Gasteiger partial charge in [0.1, 0.15) is 5.82 Å². The third-order valence-corrected chi connectivity index (χ3v) is 4.33. The molecule has 0 radical (unpaired) electrons. The Bertz CT molecular complexity index is 809. The summed E-state index contributed by atoms with van der Waals surface area (Å²) in [6.07, 6.45) is -0.0641. The molecule has 6 heteroatoms. The van der Waals surface area contributed by atoms with Crippen LogP contribution in [0.4, 0.5) is 10.1 Å². The molecule has 3 rings (SSSR count). The van der Waals surface area contributed by atoms with Gasteiger partial charge >= 0.3 is 0 Å². The number of rotatable bonds is 4. The van der Waals surface area contributed by atoms with Crippen molar-refractivity contribution in [1.29, 1.82) is 0 Å². The molecule has 0 spiro atoms. The smallest absolute Gasteiger partial charge is 0.254 e. The summed E-state index contributed by atoms with van der Waals surface area (Å²) >= 11 is 0. The first kappa shape index (κ1) is 18.1. The number of carbonyl (C=O) groups excluding carboxylic acids is 2. The largest absolute Gasteiger partial charge is 0.377 e. The van der Waals surface area contributed by atoms with Crippen LogP contribution in [-0.2, 0) is 16.0 Å². The highest BCUT2D eigenvalue weighted by atomic mass is 19.1. The number of nitrogens with zero attached hydrogens (tertiary/aromatic N) is 1. The lowest BCUT2D eigenvalue weighted by Gasteiger charge is -2.33. The van der Waals surface area contributed by atoms with E-state index < -0.39 is 5.82 Å². The molecule has 1 N–H and O–H groups in total. The normalized spacial score (nSPS) is 17.0. The van der Waals surface area contributed by atoms with Crippen LogP contribution in [0.2, 0.25) is 0 Å². The number of carbonyl (C=O) groups is 2. The lowest BCUT2D eigenvalue weighted by molar-refractivity contribution is -0.115. The SMILES string of the molecule is CC1COCCN1C(=O)c1cccc(NC(=O)Cc2ccccc2F)c1. The summed E-state index contributed by atoms with van der Waals surface area (Å²) in [6.45, 7) is 3.53. The molecule has 0 aliphatic carbocycles. The molecule has 1 aliphatic heterocycles. The van der Waals surface area contributed by atoms with Gasteiger partial charge in [-0.05, 0) is 36.8 Å². The second-order valence-electron chi connectivity index (χ2n) is 6.32. The van der Waals surface area contributed by atoms with Gasteiger partial charge in [0.25, 0.3) is 5.91 Å². The fraction of sp³-hybridized carbons (Fsp3) is 0.300. The predicted octanol–water partition coefficient (Wildman–Crippen LogP) is 2.87. The molecule has 0 aromatic heterocycles. The van der Waals surface area contributed by atoms with Crippen LogP contribution in [0.25, 0.3) is 0 Å². The summed E-state index contributed by atoms with van der Waals surface area (Å²) < 4.78 is 19.0. The Kier molecular flexibility index (Phi) is 5.63. The van der Waals surface area contributed by atoms with Crippen LogP contribution in [0.5, 0.6) is 0 Å². The van der Waals surface area contributed by atoms with E-state index in [1.54, 1.807) is 47.4 Å². The van der Waals surface area contributed by atoms with Gasteiger partial charge in [-0.25, -0.2) is 4.39 Å². The summed E-state index contributed by atoms with van der Waals surface area (Å²) in [5.74, 6) is -0.835. The average Bonchev–Trinajstić information content (AvgIpc) is 2.64. The molecule has 2 aromatic rings. The van der Waals surface area contributed by atoms with Crippen LogP contribution in [0.1, 0.15) is 22.8 Å². The van der Waals surface area contributed by atoms with Crippen LogP contribution in [-0.4, -0.2) is 42.5 Å². The summed E-state index contributed by atoms with van der Waals surface area (Å²) in [5.41, 5.74) is 1.35. The Morgan fingerprint density at radius 2 is 2.04 bits per heavy atom. The van der Waals surface area contributed by atoms with Crippen molar-refractivity contribution >= 4 is 17.5 Å². The first-order valence-corrected chi connectivity index (χ1v) is 8.56. The maximum Gasteiger partial charge on any atom is 0.254 e. The number of nitrogens with one attached hydrogen (secondary N) is 1. The van der Waals surface area contributed by atoms with E-state index in [2.05, 4.69) is 5.32 Å². The van der Waals surface area contributed by atoms with E-state index in [0.29, 0.717) is 36.6 Å². The standard InChI is InChI=1S/C20H21FN2O3/c1-14-13-26-10-9-23(14)20(25)16-6-4-7-17(11-16)22-19(24)12-15-5-2-3-8-18(15)21/h2-8,11,14H,9-10,12-13H2,1H3,(H,22,24). The number of benzene rings is 2. The number of hydrogen-bond donors (Lipinski definition) is 1. The van der Waals surface area contributed by atoms with Gasteiger partial charge in [0.15, 0.2) is 0 Å². The van der Waals surface area contributed by atoms with Crippen molar-refractivity contribution in [3.8, 4) is 0 Å². The zero-order valence-electron chi connectivity index (χ0n) is 14.6. The molecule has 0 bridgehead atoms. The van der Waals surface area contributed by atoms with E-state index in [0.717, 1.165) is 0 Å². The minimum absolute atomic E-state index is 0.00977. The van der Waals surface area contributed by atoms with Gasteiger partial charge in [-0.2, -0.15) is 0 Å². The maximum atomic E-state index is 13.7. The quantitative estimate of drug-likeness (QED) is 0.916. The second-order valence-corrected chi connectivity index (χ2v) is 6.32. The van der Waals surface area contributed by atoms with Crippen molar-refractivity contribution in [2.75, 3.05) is 25.1 Å². The number of ether oxygens (including phenoxy) is 1. The van der Waals surface area contributed by atoms with Gasteiger partial charge in [-0.3, -0.25) is 9.59 Å². The molecule has 0 saturated carbocycles. The van der Waals surface area contributed by atoms with Gasteiger partial charge < -0.3 is 15.0 Å². The first-order valence-electron chi connectivity index (χ1n) is 8.56. The van der Waals surface area contributed by atoms with Gasteiger partial charge in [-0.1, -0.05) is 24.3 Å². The summed E-state index contributed by atoms with van der Waals surface area (Å²) in [4.78, 5) is 26.6. The number of halogens is 1. The Morgan fingerprint density at radius 1 is 1.23 bits per heavy atom. The lowest BCUT2D eigenvalue weighted by atomic mass is 10.1. The fourth-order valence-electron chi connectivity index (χ4n) is 2.94. The summed E-state index contributed by atoms with van der Waals surface area (Å²) in [7, 11) is 0.